The third-order valence-electron chi connectivity index (χ3n) is 3.11. The van der Waals surface area contributed by atoms with Crippen LogP contribution in [0.4, 0.5) is 0 Å². The molecule has 0 radical (unpaired) electrons. The molecule has 0 aliphatic carbocycles. The highest BCUT2D eigenvalue weighted by atomic mass is 16.2. The molecule has 0 aromatic rings. The Bertz CT molecular complexity index is 381. The molecule has 0 bridgehead atoms. The molecule has 0 aromatic heterocycles. The highest BCUT2D eigenvalue weighted by Gasteiger charge is 2.36. The third kappa shape index (κ3) is 4.51. The van der Waals surface area contributed by atoms with Crippen LogP contribution < -0.4 is 11.1 Å². The number of nitrogens with one attached hydrogen (secondary N) is 1. The van der Waals surface area contributed by atoms with Gasteiger partial charge in [0.15, 0.2) is 0 Å². The molecule has 7 nitrogen and oxygen atoms in total. The van der Waals surface area contributed by atoms with Gasteiger partial charge in [-0.15, -0.1) is 0 Å². The van der Waals surface area contributed by atoms with E-state index in [4.69, 9.17) is 5.73 Å². The average Bonchev–Trinajstić information content (AvgIpc) is 2.38. The van der Waals surface area contributed by atoms with Crippen molar-refractivity contribution in [3.8, 4) is 0 Å². The Hall–Kier alpha value is -1.63. The molecule has 1 fully saturated rings. The van der Waals surface area contributed by atoms with Crippen LogP contribution >= 0.6 is 0 Å². The second kappa shape index (κ2) is 6.01. The molecule has 0 saturated carbocycles. The molecular weight excluding hydrogens is 248 g/mol. The van der Waals surface area contributed by atoms with E-state index in [9.17, 15) is 14.4 Å². The lowest BCUT2D eigenvalue weighted by atomic mass is 9.92. The molecule has 1 aliphatic heterocycles. The summed E-state index contributed by atoms with van der Waals surface area (Å²) < 4.78 is 0. The second-order valence-electron chi connectivity index (χ2n) is 5.59. The lowest BCUT2D eigenvalue weighted by molar-refractivity contribution is -0.140. The van der Waals surface area contributed by atoms with E-state index in [0.29, 0.717) is 19.6 Å². The Kier molecular flexibility index (Phi) is 4.88. The van der Waals surface area contributed by atoms with Crippen LogP contribution in [0.25, 0.3) is 0 Å². The van der Waals surface area contributed by atoms with Gasteiger partial charge in [0.25, 0.3) is 0 Å². The van der Waals surface area contributed by atoms with Gasteiger partial charge in [-0.05, 0) is 20.9 Å². The first-order valence-electron chi connectivity index (χ1n) is 6.25. The molecular formula is C12H22N4O3. The molecule has 1 heterocycles. The number of carbonyl (C=O) groups excluding carboxylic acids is 3. The van der Waals surface area contributed by atoms with Gasteiger partial charge in [-0.3, -0.25) is 19.3 Å². The summed E-state index contributed by atoms with van der Waals surface area (Å²) in [6.07, 6.45) is 0. The van der Waals surface area contributed by atoms with Gasteiger partial charge in [0.05, 0.1) is 18.5 Å². The van der Waals surface area contributed by atoms with Crippen LogP contribution in [0, 0.1) is 5.41 Å². The fourth-order valence-corrected chi connectivity index (χ4v) is 1.94. The molecule has 0 atom stereocenters. The number of likely N-dealkylation sites (N-methyl/N-ethyl adjacent to an activating group) is 1. The minimum absolute atomic E-state index is 0.0571. The van der Waals surface area contributed by atoms with E-state index in [1.807, 2.05) is 0 Å². The van der Waals surface area contributed by atoms with Crippen molar-refractivity contribution >= 4 is 17.7 Å². The number of hydrogen-bond donors (Lipinski definition) is 2. The maximum Gasteiger partial charge on any atom is 0.239 e. The van der Waals surface area contributed by atoms with Crippen LogP contribution in [0.2, 0.25) is 0 Å². The first-order valence-corrected chi connectivity index (χ1v) is 6.25. The monoisotopic (exact) mass is 270 g/mol. The summed E-state index contributed by atoms with van der Waals surface area (Å²) in [4.78, 5) is 37.9. The van der Waals surface area contributed by atoms with Crippen LogP contribution in [0.15, 0.2) is 0 Å². The van der Waals surface area contributed by atoms with Gasteiger partial charge < -0.3 is 16.0 Å². The molecule has 3 amide bonds. The number of hydrogen-bond acceptors (Lipinski definition) is 4. The van der Waals surface area contributed by atoms with Crippen molar-refractivity contribution in [2.45, 2.75) is 13.8 Å². The molecule has 1 saturated heterocycles. The second-order valence-corrected chi connectivity index (χ2v) is 5.59. The third-order valence-corrected chi connectivity index (χ3v) is 3.11. The summed E-state index contributed by atoms with van der Waals surface area (Å²) in [6.45, 7) is 5.06. The zero-order valence-electron chi connectivity index (χ0n) is 11.7. The highest BCUT2D eigenvalue weighted by molar-refractivity contribution is 5.90. The van der Waals surface area contributed by atoms with E-state index in [-0.39, 0.29) is 24.9 Å². The van der Waals surface area contributed by atoms with E-state index in [1.165, 1.54) is 4.90 Å². The van der Waals surface area contributed by atoms with Crippen LogP contribution in [0.5, 0.6) is 0 Å². The summed E-state index contributed by atoms with van der Waals surface area (Å²) in [5.41, 5.74) is 4.49. The first-order chi connectivity index (χ1) is 8.72. The van der Waals surface area contributed by atoms with Gasteiger partial charge >= 0.3 is 0 Å². The van der Waals surface area contributed by atoms with Crippen LogP contribution in [-0.2, 0) is 14.4 Å². The molecule has 108 valence electrons. The zero-order valence-corrected chi connectivity index (χ0v) is 11.7. The van der Waals surface area contributed by atoms with Crippen molar-refractivity contribution in [2.24, 2.45) is 11.1 Å². The minimum Gasteiger partial charge on any atom is -0.369 e. The maximum absolute atomic E-state index is 12.3. The molecule has 0 spiro atoms. The number of primary amides is 1. The number of rotatable bonds is 5. The Morgan fingerprint density at radius 2 is 2.11 bits per heavy atom. The quantitative estimate of drug-likeness (QED) is 0.628. The lowest BCUT2D eigenvalue weighted by Gasteiger charge is -2.28. The van der Waals surface area contributed by atoms with Crippen molar-refractivity contribution < 1.29 is 14.4 Å². The lowest BCUT2D eigenvalue weighted by Crippen LogP contribution is -2.45. The molecule has 1 aliphatic rings. The first kappa shape index (κ1) is 15.4. The van der Waals surface area contributed by atoms with E-state index < -0.39 is 11.3 Å². The fraction of sp³-hybridized carbons (Fsp3) is 0.750. The molecule has 0 aromatic carbocycles. The van der Waals surface area contributed by atoms with Gasteiger partial charge in [-0.1, -0.05) is 0 Å². The smallest absolute Gasteiger partial charge is 0.239 e. The average molecular weight is 270 g/mol. The topological polar surface area (TPSA) is 95.7 Å². The van der Waals surface area contributed by atoms with Gasteiger partial charge in [-0.2, -0.15) is 0 Å². The van der Waals surface area contributed by atoms with E-state index >= 15 is 0 Å². The van der Waals surface area contributed by atoms with Crippen molar-refractivity contribution in [1.29, 1.82) is 0 Å². The highest BCUT2D eigenvalue weighted by Crippen LogP contribution is 2.19. The van der Waals surface area contributed by atoms with Crippen LogP contribution in [0.3, 0.4) is 0 Å². The Balaban J connectivity index is 2.61. The summed E-state index contributed by atoms with van der Waals surface area (Å²) in [5.74, 6) is -0.627. The minimum atomic E-state index is -0.603. The number of carbonyl (C=O) groups is 3. The van der Waals surface area contributed by atoms with E-state index in [1.54, 1.807) is 25.8 Å². The largest absolute Gasteiger partial charge is 0.369 e. The summed E-state index contributed by atoms with van der Waals surface area (Å²) >= 11 is 0. The van der Waals surface area contributed by atoms with Crippen molar-refractivity contribution in [2.75, 3.05) is 39.8 Å². The van der Waals surface area contributed by atoms with Crippen molar-refractivity contribution in [3.05, 3.63) is 0 Å². The van der Waals surface area contributed by atoms with Crippen LogP contribution in [-0.4, -0.2) is 67.3 Å². The fourth-order valence-electron chi connectivity index (χ4n) is 1.94. The van der Waals surface area contributed by atoms with Gasteiger partial charge in [0.2, 0.25) is 17.7 Å². The van der Waals surface area contributed by atoms with E-state index in [2.05, 4.69) is 5.32 Å². The zero-order chi connectivity index (χ0) is 14.6. The number of nitrogens with two attached hydrogens (primary N) is 1. The predicted octanol–water partition coefficient (Wildman–Crippen LogP) is -1.61. The standard InChI is InChI=1S/C12H22N4O3/c1-12(2)8-14-10(18)7-16(11(12)19)5-4-15(3)6-9(13)17/h4-8H2,1-3H3,(H2,13,17)(H,14,18). The number of nitrogens with zero attached hydrogens (tertiary/aromatic N) is 2. The molecule has 0 unspecified atom stereocenters. The predicted molar refractivity (Wildman–Crippen MR) is 70.1 cm³/mol. The van der Waals surface area contributed by atoms with Crippen molar-refractivity contribution in [3.63, 3.8) is 0 Å². The Morgan fingerprint density at radius 1 is 1.47 bits per heavy atom. The van der Waals surface area contributed by atoms with Gasteiger partial charge in [0, 0.05) is 19.6 Å². The summed E-state index contributed by atoms with van der Waals surface area (Å²) in [7, 11) is 1.75. The van der Waals surface area contributed by atoms with Gasteiger partial charge in [0.1, 0.15) is 0 Å². The molecule has 19 heavy (non-hydrogen) atoms. The molecule has 1 rings (SSSR count). The van der Waals surface area contributed by atoms with E-state index in [0.717, 1.165) is 0 Å². The maximum atomic E-state index is 12.3. The normalized spacial score (nSPS) is 19.3. The SMILES string of the molecule is CN(CCN1CC(=O)NCC(C)(C)C1=O)CC(N)=O. The number of amides is 3. The van der Waals surface area contributed by atoms with Gasteiger partial charge in [-0.25, -0.2) is 0 Å². The summed E-state index contributed by atoms with van der Waals surface area (Å²) in [6, 6.07) is 0. The Labute approximate surface area is 113 Å². The summed E-state index contributed by atoms with van der Waals surface area (Å²) in [5, 5.41) is 2.73. The Morgan fingerprint density at radius 3 is 2.68 bits per heavy atom. The molecule has 3 N–H and O–H groups in total. The van der Waals surface area contributed by atoms with Crippen LogP contribution in [0.1, 0.15) is 13.8 Å². The molecule has 7 heteroatoms. The van der Waals surface area contributed by atoms with Crippen molar-refractivity contribution in [1.82, 2.24) is 15.1 Å².